The summed E-state index contributed by atoms with van der Waals surface area (Å²) in [6, 6.07) is 13.9. The molecular formula is C14H14N2O. The molecule has 0 saturated carbocycles. The van der Waals surface area contributed by atoms with Crippen molar-refractivity contribution in [3.63, 3.8) is 0 Å². The Morgan fingerprint density at radius 3 is 2.53 bits per heavy atom. The molecule has 1 aliphatic heterocycles. The maximum Gasteiger partial charge on any atom is 0.246 e. The van der Waals surface area contributed by atoms with E-state index in [2.05, 4.69) is 6.07 Å². The fourth-order valence-corrected chi connectivity index (χ4v) is 2.34. The third kappa shape index (κ3) is 1.43. The van der Waals surface area contributed by atoms with Gasteiger partial charge in [-0.05, 0) is 29.8 Å². The highest BCUT2D eigenvalue weighted by atomic mass is 16.2. The maximum atomic E-state index is 11.7. The summed E-state index contributed by atoms with van der Waals surface area (Å²) in [7, 11) is 0. The van der Waals surface area contributed by atoms with Gasteiger partial charge in [-0.15, -0.1) is 0 Å². The minimum Gasteiger partial charge on any atom is -0.318 e. The number of anilines is 1. The smallest absolute Gasteiger partial charge is 0.246 e. The van der Waals surface area contributed by atoms with Crippen LogP contribution in [-0.2, 0) is 4.79 Å². The largest absolute Gasteiger partial charge is 0.318 e. The average Bonchev–Trinajstić information content (AvgIpc) is 2.38. The number of hydrogen-bond acceptors (Lipinski definition) is 2. The molecular weight excluding hydrogens is 212 g/mol. The van der Waals surface area contributed by atoms with Crippen molar-refractivity contribution < 1.29 is 4.79 Å². The quantitative estimate of drug-likeness (QED) is 0.755. The van der Waals surface area contributed by atoms with E-state index in [1.807, 2.05) is 43.3 Å². The van der Waals surface area contributed by atoms with E-state index in [9.17, 15) is 4.79 Å². The minimum absolute atomic E-state index is 0.00720. The Hall–Kier alpha value is -1.87. The van der Waals surface area contributed by atoms with Gasteiger partial charge in [-0.2, -0.15) is 0 Å². The second-order valence-corrected chi connectivity index (χ2v) is 4.51. The Bertz CT molecular complexity index is 594. The molecule has 2 aromatic carbocycles. The number of carbonyl (C=O) groups is 1. The van der Waals surface area contributed by atoms with Gasteiger partial charge in [0.05, 0.1) is 6.04 Å². The van der Waals surface area contributed by atoms with Crippen molar-refractivity contribution in [3.8, 4) is 0 Å². The summed E-state index contributed by atoms with van der Waals surface area (Å²) in [5.41, 5.74) is 6.65. The molecule has 17 heavy (non-hydrogen) atoms. The second kappa shape index (κ2) is 3.57. The van der Waals surface area contributed by atoms with Crippen LogP contribution in [0.1, 0.15) is 6.92 Å². The fraction of sp³-hybridized carbons (Fsp3) is 0.214. The Morgan fingerprint density at radius 2 is 1.82 bits per heavy atom. The lowest BCUT2D eigenvalue weighted by molar-refractivity contribution is -0.125. The van der Waals surface area contributed by atoms with E-state index < -0.39 is 0 Å². The number of carbonyl (C=O) groups excluding carboxylic acids is 1. The van der Waals surface area contributed by atoms with Crippen molar-refractivity contribution in [2.24, 2.45) is 5.73 Å². The molecule has 1 fully saturated rings. The van der Waals surface area contributed by atoms with Crippen LogP contribution in [0.4, 0.5) is 5.69 Å². The molecule has 0 aromatic heterocycles. The van der Waals surface area contributed by atoms with E-state index in [0.717, 1.165) is 11.1 Å². The molecule has 2 aromatic rings. The molecule has 2 atom stereocenters. The first-order valence-corrected chi connectivity index (χ1v) is 5.76. The molecule has 2 N–H and O–H groups in total. The SMILES string of the molecule is C[C@@H]1[C@H](N)C(=O)N1c1ccc2ccccc2c1. The number of nitrogens with zero attached hydrogens (tertiary/aromatic N) is 1. The van der Waals surface area contributed by atoms with Crippen LogP contribution in [0.3, 0.4) is 0 Å². The van der Waals surface area contributed by atoms with Crippen molar-refractivity contribution in [1.82, 2.24) is 0 Å². The van der Waals surface area contributed by atoms with Crippen LogP contribution in [-0.4, -0.2) is 18.0 Å². The van der Waals surface area contributed by atoms with E-state index in [1.165, 1.54) is 5.39 Å². The zero-order valence-corrected chi connectivity index (χ0v) is 9.63. The van der Waals surface area contributed by atoms with Gasteiger partial charge in [0.1, 0.15) is 6.04 Å². The summed E-state index contributed by atoms with van der Waals surface area (Å²) in [6.07, 6.45) is 0. The molecule has 1 saturated heterocycles. The van der Waals surface area contributed by atoms with Crippen LogP contribution in [0.15, 0.2) is 42.5 Å². The van der Waals surface area contributed by atoms with Crippen LogP contribution >= 0.6 is 0 Å². The Balaban J connectivity index is 2.04. The van der Waals surface area contributed by atoms with Gasteiger partial charge in [-0.25, -0.2) is 0 Å². The van der Waals surface area contributed by atoms with Gasteiger partial charge in [-0.3, -0.25) is 4.79 Å². The van der Waals surface area contributed by atoms with E-state index in [-0.39, 0.29) is 18.0 Å². The van der Waals surface area contributed by atoms with Crippen molar-refractivity contribution in [2.75, 3.05) is 4.90 Å². The first kappa shape index (κ1) is 10.3. The molecule has 0 bridgehead atoms. The molecule has 0 aliphatic carbocycles. The average molecular weight is 226 g/mol. The summed E-state index contributed by atoms with van der Waals surface area (Å²) in [5.74, 6) is 0.00720. The number of fused-ring (bicyclic) bond motifs is 1. The van der Waals surface area contributed by atoms with Gasteiger partial charge in [0.15, 0.2) is 0 Å². The molecule has 1 heterocycles. The zero-order chi connectivity index (χ0) is 12.0. The third-order valence-corrected chi connectivity index (χ3v) is 3.46. The van der Waals surface area contributed by atoms with Gasteiger partial charge in [0.25, 0.3) is 0 Å². The molecule has 3 rings (SSSR count). The second-order valence-electron chi connectivity index (χ2n) is 4.51. The predicted octanol–water partition coefficient (Wildman–Crippen LogP) is 1.90. The van der Waals surface area contributed by atoms with E-state index in [1.54, 1.807) is 4.90 Å². The van der Waals surface area contributed by atoms with Crippen LogP contribution in [0.25, 0.3) is 10.8 Å². The van der Waals surface area contributed by atoms with Crippen molar-refractivity contribution in [1.29, 1.82) is 0 Å². The highest BCUT2D eigenvalue weighted by molar-refractivity contribution is 6.06. The molecule has 1 aliphatic rings. The maximum absolute atomic E-state index is 11.7. The molecule has 3 heteroatoms. The number of rotatable bonds is 1. The summed E-state index contributed by atoms with van der Waals surface area (Å²) in [6.45, 7) is 1.97. The summed E-state index contributed by atoms with van der Waals surface area (Å²) in [5, 5.41) is 2.33. The number of nitrogens with two attached hydrogens (primary N) is 1. The van der Waals surface area contributed by atoms with E-state index in [0.29, 0.717) is 0 Å². The highest BCUT2D eigenvalue weighted by Crippen LogP contribution is 2.29. The molecule has 0 radical (unpaired) electrons. The first-order valence-electron chi connectivity index (χ1n) is 5.76. The van der Waals surface area contributed by atoms with Crippen LogP contribution in [0.5, 0.6) is 0 Å². The predicted molar refractivity (Wildman–Crippen MR) is 68.9 cm³/mol. The lowest BCUT2D eigenvalue weighted by atomic mass is 9.96. The molecule has 1 amide bonds. The van der Waals surface area contributed by atoms with Crippen LogP contribution in [0.2, 0.25) is 0 Å². The van der Waals surface area contributed by atoms with Crippen molar-refractivity contribution in [2.45, 2.75) is 19.0 Å². The fourth-order valence-electron chi connectivity index (χ4n) is 2.34. The molecule has 86 valence electrons. The monoisotopic (exact) mass is 226 g/mol. The van der Waals surface area contributed by atoms with Gasteiger partial charge in [-0.1, -0.05) is 30.3 Å². The topological polar surface area (TPSA) is 46.3 Å². The normalized spacial score (nSPS) is 23.9. The van der Waals surface area contributed by atoms with Crippen molar-refractivity contribution in [3.05, 3.63) is 42.5 Å². The molecule has 0 spiro atoms. The lowest BCUT2D eigenvalue weighted by Crippen LogP contribution is -2.67. The first-order chi connectivity index (χ1) is 8.18. The van der Waals surface area contributed by atoms with Gasteiger partial charge in [0, 0.05) is 5.69 Å². The molecule has 3 nitrogen and oxygen atoms in total. The summed E-state index contributed by atoms with van der Waals surface area (Å²) < 4.78 is 0. The Labute approximate surface area is 99.8 Å². The third-order valence-electron chi connectivity index (χ3n) is 3.46. The molecule has 0 unspecified atom stereocenters. The van der Waals surface area contributed by atoms with Crippen LogP contribution < -0.4 is 10.6 Å². The van der Waals surface area contributed by atoms with Gasteiger partial charge in [0.2, 0.25) is 5.91 Å². The van der Waals surface area contributed by atoms with E-state index >= 15 is 0 Å². The lowest BCUT2D eigenvalue weighted by Gasteiger charge is -2.43. The Kier molecular flexibility index (Phi) is 2.16. The summed E-state index contributed by atoms with van der Waals surface area (Å²) in [4.78, 5) is 13.5. The van der Waals surface area contributed by atoms with E-state index in [4.69, 9.17) is 5.73 Å². The van der Waals surface area contributed by atoms with Gasteiger partial charge >= 0.3 is 0 Å². The number of amides is 1. The van der Waals surface area contributed by atoms with Gasteiger partial charge < -0.3 is 10.6 Å². The number of β-lactam (4-membered cyclic amide) rings is 1. The number of hydrogen-bond donors (Lipinski definition) is 1. The van der Waals surface area contributed by atoms with Crippen molar-refractivity contribution >= 4 is 22.4 Å². The zero-order valence-electron chi connectivity index (χ0n) is 9.63. The van der Waals surface area contributed by atoms with Crippen LogP contribution in [0, 0.1) is 0 Å². The Morgan fingerprint density at radius 1 is 1.12 bits per heavy atom. The minimum atomic E-state index is -0.346. The summed E-state index contributed by atoms with van der Waals surface area (Å²) >= 11 is 0. The highest BCUT2D eigenvalue weighted by Gasteiger charge is 2.42. The standard InChI is InChI=1S/C14H14N2O/c1-9-13(15)14(17)16(9)12-7-6-10-4-2-3-5-11(10)8-12/h2-9,13H,15H2,1H3/t9-,13+/m1/s1. The number of benzene rings is 2.